The van der Waals surface area contributed by atoms with E-state index in [9.17, 15) is 13.2 Å². The summed E-state index contributed by atoms with van der Waals surface area (Å²) in [7, 11) is -3.74. The van der Waals surface area contributed by atoms with Crippen molar-refractivity contribution in [2.45, 2.75) is 31.2 Å². The number of aryl methyl sites for hydroxylation is 1. The number of rotatable bonds is 9. The second-order valence-electron chi connectivity index (χ2n) is 6.24. The summed E-state index contributed by atoms with van der Waals surface area (Å²) >= 11 is 2.10. The van der Waals surface area contributed by atoms with Crippen molar-refractivity contribution in [1.82, 2.24) is 4.72 Å². The van der Waals surface area contributed by atoms with Crippen LogP contribution in [0.25, 0.3) is 0 Å². The van der Waals surface area contributed by atoms with Crippen molar-refractivity contribution < 1.29 is 17.9 Å². The Morgan fingerprint density at radius 1 is 1.11 bits per heavy atom. The Labute approximate surface area is 174 Å². The quantitative estimate of drug-likeness (QED) is 0.325. The van der Waals surface area contributed by atoms with Gasteiger partial charge in [0, 0.05) is 10.5 Å². The minimum Gasteiger partial charge on any atom is -0.466 e. The molecule has 0 aromatic heterocycles. The fraction of sp³-hybridized carbons (Fsp3) is 0.350. The van der Waals surface area contributed by atoms with Crippen molar-refractivity contribution in [1.29, 1.82) is 0 Å². The molecular weight excluding hydrogens is 477 g/mol. The zero-order chi connectivity index (χ0) is 19.9. The molecule has 1 N–H and O–H groups in total. The predicted octanol–water partition coefficient (Wildman–Crippen LogP) is 3.50. The van der Waals surface area contributed by atoms with Crippen LogP contribution in [0.1, 0.15) is 18.1 Å². The highest BCUT2D eigenvalue weighted by Crippen LogP contribution is 2.19. The van der Waals surface area contributed by atoms with Crippen LogP contribution >= 0.6 is 22.6 Å². The summed E-state index contributed by atoms with van der Waals surface area (Å²) in [6, 6.07) is 15.6. The molecule has 0 fully saturated rings. The molecule has 0 heterocycles. The van der Waals surface area contributed by atoms with Crippen molar-refractivity contribution in [2.75, 3.05) is 11.0 Å². The Balaban J connectivity index is 2.27. The molecule has 0 bridgehead atoms. The number of hydrogen-bond acceptors (Lipinski definition) is 4. The monoisotopic (exact) mass is 501 g/mol. The third-order valence-electron chi connectivity index (χ3n) is 4.18. The molecule has 0 amide bonds. The van der Waals surface area contributed by atoms with Crippen LogP contribution in [0.4, 0.5) is 0 Å². The number of ether oxygens (including phenoxy) is 1. The first-order valence-electron chi connectivity index (χ1n) is 8.73. The standard InChI is InChI=1S/C20H24INO4S/c1-3-26-20(23)18(13-16-7-5-4-6-8-16)19(14-21)22-27(24,25)17-11-9-15(2)10-12-17/h4-12,18-19,22H,3,13-14H2,1-2H3/t18?,19-/m1/s1. The summed E-state index contributed by atoms with van der Waals surface area (Å²) < 4.78 is 33.9. The van der Waals surface area contributed by atoms with E-state index in [2.05, 4.69) is 27.3 Å². The van der Waals surface area contributed by atoms with Crippen LogP contribution in [0.2, 0.25) is 0 Å². The highest BCUT2D eigenvalue weighted by atomic mass is 127. The van der Waals surface area contributed by atoms with Crippen LogP contribution in [0.3, 0.4) is 0 Å². The number of esters is 1. The normalized spacial score (nSPS) is 13.7. The molecule has 0 aliphatic heterocycles. The summed E-state index contributed by atoms with van der Waals surface area (Å²) in [5.41, 5.74) is 1.94. The predicted molar refractivity (Wildman–Crippen MR) is 114 cm³/mol. The van der Waals surface area contributed by atoms with E-state index in [4.69, 9.17) is 4.74 Å². The molecule has 1 unspecified atom stereocenters. The minimum atomic E-state index is -3.74. The lowest BCUT2D eigenvalue weighted by atomic mass is 9.93. The van der Waals surface area contributed by atoms with Gasteiger partial charge in [0.2, 0.25) is 10.0 Å². The lowest BCUT2D eigenvalue weighted by Gasteiger charge is -2.25. The molecule has 5 nitrogen and oxygen atoms in total. The summed E-state index contributed by atoms with van der Waals surface area (Å²) in [5, 5.41) is 0. The molecule has 7 heteroatoms. The van der Waals surface area contributed by atoms with Gasteiger partial charge in [-0.05, 0) is 38.0 Å². The average Bonchev–Trinajstić information content (AvgIpc) is 2.66. The molecular formula is C20H24INO4S. The Morgan fingerprint density at radius 3 is 2.30 bits per heavy atom. The molecule has 2 aromatic rings. The average molecular weight is 501 g/mol. The first kappa shape index (κ1) is 21.8. The maximum absolute atomic E-state index is 12.8. The number of carbonyl (C=O) groups is 1. The highest BCUT2D eigenvalue weighted by Gasteiger charge is 2.32. The number of benzene rings is 2. The van der Waals surface area contributed by atoms with Gasteiger partial charge < -0.3 is 4.74 Å². The second kappa shape index (κ2) is 10.2. The van der Waals surface area contributed by atoms with Crippen molar-refractivity contribution in [3.63, 3.8) is 0 Å². The van der Waals surface area contributed by atoms with Crippen molar-refractivity contribution in [3.8, 4) is 0 Å². The Hall–Kier alpha value is -1.45. The van der Waals surface area contributed by atoms with Gasteiger partial charge in [-0.15, -0.1) is 0 Å². The molecule has 0 aliphatic rings. The molecule has 0 spiro atoms. The van der Waals surface area contributed by atoms with Gasteiger partial charge in [-0.3, -0.25) is 4.79 Å². The van der Waals surface area contributed by atoms with Gasteiger partial charge in [0.05, 0.1) is 17.4 Å². The first-order valence-corrected chi connectivity index (χ1v) is 11.7. The molecule has 2 aromatic carbocycles. The lowest BCUT2D eigenvalue weighted by Crippen LogP contribution is -2.46. The number of halogens is 1. The van der Waals surface area contributed by atoms with Crippen LogP contribution in [0.5, 0.6) is 0 Å². The smallest absolute Gasteiger partial charge is 0.310 e. The number of nitrogens with one attached hydrogen (secondary N) is 1. The minimum absolute atomic E-state index is 0.185. The van der Waals surface area contributed by atoms with Gasteiger partial charge in [-0.25, -0.2) is 13.1 Å². The van der Waals surface area contributed by atoms with E-state index < -0.39 is 28.0 Å². The van der Waals surface area contributed by atoms with E-state index >= 15 is 0 Å². The van der Waals surface area contributed by atoms with Crippen LogP contribution in [0, 0.1) is 12.8 Å². The van der Waals surface area contributed by atoms with Crippen molar-refractivity contribution in [3.05, 3.63) is 65.7 Å². The Morgan fingerprint density at radius 2 is 1.74 bits per heavy atom. The summed E-state index contributed by atoms with van der Waals surface area (Å²) in [4.78, 5) is 12.7. The van der Waals surface area contributed by atoms with Crippen LogP contribution in [-0.2, 0) is 26.0 Å². The number of carbonyl (C=O) groups excluding carboxylic acids is 1. The SMILES string of the molecule is CCOC(=O)C(Cc1ccccc1)[C@@H](CI)NS(=O)(=O)c1ccc(C)cc1. The van der Waals surface area contributed by atoms with E-state index in [1.165, 1.54) is 0 Å². The zero-order valence-corrected chi connectivity index (χ0v) is 18.4. The van der Waals surface area contributed by atoms with Gasteiger partial charge in [-0.2, -0.15) is 0 Å². The fourth-order valence-electron chi connectivity index (χ4n) is 2.71. The van der Waals surface area contributed by atoms with Crippen LogP contribution in [-0.4, -0.2) is 31.5 Å². The molecule has 2 rings (SSSR count). The molecule has 146 valence electrons. The van der Waals surface area contributed by atoms with Gasteiger partial charge in [0.1, 0.15) is 0 Å². The maximum Gasteiger partial charge on any atom is 0.310 e. The number of sulfonamides is 1. The molecule has 0 aliphatic carbocycles. The third kappa shape index (κ3) is 6.29. The fourth-order valence-corrected chi connectivity index (χ4v) is 5.12. The summed E-state index contributed by atoms with van der Waals surface area (Å²) in [6.45, 7) is 3.89. The Kier molecular flexibility index (Phi) is 8.25. The number of alkyl halides is 1. The molecule has 2 atom stereocenters. The third-order valence-corrected chi connectivity index (χ3v) is 6.63. The van der Waals surface area contributed by atoms with E-state index in [1.54, 1.807) is 31.2 Å². The number of hydrogen-bond donors (Lipinski definition) is 1. The molecule has 27 heavy (non-hydrogen) atoms. The first-order chi connectivity index (χ1) is 12.9. The van der Waals surface area contributed by atoms with E-state index in [1.807, 2.05) is 37.3 Å². The molecule has 0 saturated carbocycles. The lowest BCUT2D eigenvalue weighted by molar-refractivity contribution is -0.148. The topological polar surface area (TPSA) is 72.5 Å². The van der Waals surface area contributed by atoms with E-state index in [-0.39, 0.29) is 11.5 Å². The largest absolute Gasteiger partial charge is 0.466 e. The summed E-state index contributed by atoms with van der Waals surface area (Å²) in [5.74, 6) is -1.00. The summed E-state index contributed by atoms with van der Waals surface area (Å²) in [6.07, 6.45) is 0.407. The van der Waals surface area contributed by atoms with Crippen LogP contribution < -0.4 is 4.72 Å². The van der Waals surface area contributed by atoms with Gasteiger partial charge in [0.15, 0.2) is 0 Å². The van der Waals surface area contributed by atoms with E-state index in [0.29, 0.717) is 10.8 Å². The molecule has 0 saturated heterocycles. The zero-order valence-electron chi connectivity index (χ0n) is 15.4. The van der Waals surface area contributed by atoms with Crippen molar-refractivity contribution >= 4 is 38.6 Å². The van der Waals surface area contributed by atoms with Crippen molar-refractivity contribution in [2.24, 2.45) is 5.92 Å². The maximum atomic E-state index is 12.8. The van der Waals surface area contributed by atoms with Gasteiger partial charge in [0.25, 0.3) is 0 Å². The van der Waals surface area contributed by atoms with Gasteiger partial charge in [-0.1, -0.05) is 70.6 Å². The van der Waals surface area contributed by atoms with E-state index in [0.717, 1.165) is 11.1 Å². The Bertz CT molecular complexity index is 838. The molecule has 0 radical (unpaired) electrons. The second-order valence-corrected chi connectivity index (χ2v) is 8.84. The highest BCUT2D eigenvalue weighted by molar-refractivity contribution is 14.1. The van der Waals surface area contributed by atoms with Gasteiger partial charge >= 0.3 is 5.97 Å². The van der Waals surface area contributed by atoms with Crippen LogP contribution in [0.15, 0.2) is 59.5 Å².